The number of nitrogens with two attached hydrogens (primary N) is 1. The van der Waals surface area contributed by atoms with Gasteiger partial charge in [-0.05, 0) is 12.1 Å². The van der Waals surface area contributed by atoms with E-state index in [1.165, 1.54) is 18.3 Å². The van der Waals surface area contributed by atoms with Crippen LogP contribution in [0.5, 0.6) is 0 Å². The van der Waals surface area contributed by atoms with Crippen LogP contribution in [0.25, 0.3) is 5.52 Å². The number of halogens is 4. The zero-order valence-electron chi connectivity index (χ0n) is 7.22. The molecule has 0 bridgehead atoms. The van der Waals surface area contributed by atoms with Gasteiger partial charge in [-0.25, -0.2) is 4.98 Å². The highest BCUT2D eigenvalue weighted by molar-refractivity contribution is 6.31. The fraction of sp³-hybridized carbons (Fsp3) is 0.125. The second-order valence-electron chi connectivity index (χ2n) is 2.92. The van der Waals surface area contributed by atoms with Crippen molar-refractivity contribution in [3.63, 3.8) is 0 Å². The van der Waals surface area contributed by atoms with E-state index in [9.17, 15) is 13.2 Å². The fourth-order valence-corrected chi connectivity index (χ4v) is 1.44. The first-order chi connectivity index (χ1) is 6.89. The Morgan fingerprint density at radius 3 is 2.67 bits per heavy atom. The molecule has 2 N–H and O–H groups in total. The van der Waals surface area contributed by atoms with Gasteiger partial charge in [-0.3, -0.25) is 4.40 Å². The summed E-state index contributed by atoms with van der Waals surface area (Å²) in [5.74, 6) is -1.24. The van der Waals surface area contributed by atoms with Gasteiger partial charge in [0.15, 0.2) is 0 Å². The molecule has 0 aromatic carbocycles. The summed E-state index contributed by atoms with van der Waals surface area (Å²) in [4.78, 5) is 3.26. The average Bonchev–Trinajstić information content (AvgIpc) is 2.43. The van der Waals surface area contributed by atoms with Crippen molar-refractivity contribution in [1.82, 2.24) is 9.38 Å². The topological polar surface area (TPSA) is 43.3 Å². The molecular formula is C8H5ClF3N3. The molecule has 15 heavy (non-hydrogen) atoms. The third-order valence-electron chi connectivity index (χ3n) is 1.89. The lowest BCUT2D eigenvalue weighted by atomic mass is 10.4. The Balaban J connectivity index is 2.79. The minimum Gasteiger partial charge on any atom is -0.382 e. The number of rotatable bonds is 0. The van der Waals surface area contributed by atoms with Crippen molar-refractivity contribution in [2.45, 2.75) is 6.18 Å². The molecule has 0 atom stereocenters. The van der Waals surface area contributed by atoms with E-state index in [0.29, 0.717) is 5.02 Å². The maximum Gasteiger partial charge on any atom is 0.450 e. The zero-order valence-corrected chi connectivity index (χ0v) is 7.97. The van der Waals surface area contributed by atoms with Gasteiger partial charge in [-0.1, -0.05) is 11.6 Å². The van der Waals surface area contributed by atoms with E-state index < -0.39 is 12.0 Å². The lowest BCUT2D eigenvalue weighted by molar-refractivity contribution is -0.145. The molecule has 2 aromatic rings. The number of fused-ring (bicyclic) bond motifs is 1. The Morgan fingerprint density at radius 1 is 1.40 bits per heavy atom. The Bertz CT molecular complexity index is 518. The van der Waals surface area contributed by atoms with Gasteiger partial charge < -0.3 is 5.73 Å². The van der Waals surface area contributed by atoms with Crippen molar-refractivity contribution >= 4 is 22.9 Å². The molecule has 0 saturated heterocycles. The van der Waals surface area contributed by atoms with Gasteiger partial charge >= 0.3 is 6.18 Å². The van der Waals surface area contributed by atoms with E-state index in [1.54, 1.807) is 0 Å². The highest BCUT2D eigenvalue weighted by atomic mass is 35.5. The van der Waals surface area contributed by atoms with E-state index >= 15 is 0 Å². The number of pyridine rings is 1. The number of anilines is 1. The van der Waals surface area contributed by atoms with Crippen LogP contribution in [0.15, 0.2) is 18.3 Å². The van der Waals surface area contributed by atoms with Crippen molar-refractivity contribution in [3.05, 3.63) is 29.2 Å². The van der Waals surface area contributed by atoms with Gasteiger partial charge in [0.2, 0.25) is 5.82 Å². The Hall–Kier alpha value is -1.43. The van der Waals surface area contributed by atoms with Gasteiger partial charge in [0.05, 0.1) is 5.52 Å². The van der Waals surface area contributed by atoms with Crippen molar-refractivity contribution in [2.24, 2.45) is 0 Å². The molecule has 0 aliphatic heterocycles. The Morgan fingerprint density at radius 2 is 2.07 bits per heavy atom. The van der Waals surface area contributed by atoms with E-state index in [-0.39, 0.29) is 11.3 Å². The average molecular weight is 236 g/mol. The SMILES string of the molecule is Nc1nc(C(F)(F)F)n2ccc(Cl)cc12. The second kappa shape index (κ2) is 3.03. The first-order valence-electron chi connectivity index (χ1n) is 3.90. The van der Waals surface area contributed by atoms with Crippen molar-refractivity contribution in [2.75, 3.05) is 5.73 Å². The Kier molecular flexibility index (Phi) is 2.04. The number of aromatic nitrogens is 2. The summed E-state index contributed by atoms with van der Waals surface area (Å²) in [6.07, 6.45) is -3.35. The van der Waals surface area contributed by atoms with Crippen molar-refractivity contribution in [3.8, 4) is 0 Å². The molecule has 7 heteroatoms. The molecule has 0 aliphatic carbocycles. The van der Waals surface area contributed by atoms with E-state index in [2.05, 4.69) is 4.98 Å². The number of hydrogen-bond donors (Lipinski definition) is 1. The molecule has 0 unspecified atom stereocenters. The quantitative estimate of drug-likeness (QED) is 0.763. The third-order valence-corrected chi connectivity index (χ3v) is 2.12. The van der Waals surface area contributed by atoms with Crippen molar-refractivity contribution < 1.29 is 13.2 Å². The first-order valence-corrected chi connectivity index (χ1v) is 4.27. The highest BCUT2D eigenvalue weighted by Gasteiger charge is 2.36. The maximum absolute atomic E-state index is 12.5. The molecule has 3 nitrogen and oxygen atoms in total. The fourth-order valence-electron chi connectivity index (χ4n) is 1.28. The van der Waals surface area contributed by atoms with Crippen LogP contribution in [-0.4, -0.2) is 9.38 Å². The van der Waals surface area contributed by atoms with E-state index in [0.717, 1.165) is 4.40 Å². The minimum absolute atomic E-state index is 0.148. The predicted octanol–water partition coefficient (Wildman–Crippen LogP) is 2.59. The molecule has 2 rings (SSSR count). The normalized spacial score (nSPS) is 12.3. The summed E-state index contributed by atoms with van der Waals surface area (Å²) >= 11 is 5.64. The first kappa shape index (κ1) is 10.1. The molecule has 0 radical (unpaired) electrons. The van der Waals surface area contributed by atoms with Gasteiger partial charge in [-0.2, -0.15) is 13.2 Å². The largest absolute Gasteiger partial charge is 0.450 e. The summed E-state index contributed by atoms with van der Waals surface area (Å²) in [7, 11) is 0. The summed E-state index contributed by atoms with van der Waals surface area (Å²) in [5.41, 5.74) is 5.50. The third kappa shape index (κ3) is 1.61. The van der Waals surface area contributed by atoms with Crippen LogP contribution in [0.3, 0.4) is 0 Å². The lowest BCUT2D eigenvalue weighted by Gasteiger charge is -2.04. The van der Waals surface area contributed by atoms with Gasteiger partial charge in [0.25, 0.3) is 0 Å². The van der Waals surface area contributed by atoms with Gasteiger partial charge in [-0.15, -0.1) is 0 Å². The van der Waals surface area contributed by atoms with Crippen LogP contribution in [0, 0.1) is 0 Å². The molecular weight excluding hydrogens is 231 g/mol. The van der Waals surface area contributed by atoms with Crippen LogP contribution in [0.4, 0.5) is 19.0 Å². The predicted molar refractivity (Wildman–Crippen MR) is 49.6 cm³/mol. The molecule has 0 aliphatic rings. The number of hydrogen-bond acceptors (Lipinski definition) is 2. The summed E-state index contributed by atoms with van der Waals surface area (Å²) < 4.78 is 38.2. The Labute approximate surface area is 87.3 Å². The van der Waals surface area contributed by atoms with Gasteiger partial charge in [0.1, 0.15) is 5.82 Å². The van der Waals surface area contributed by atoms with E-state index in [1.807, 2.05) is 0 Å². The number of alkyl halides is 3. The summed E-state index contributed by atoms with van der Waals surface area (Å²) in [5, 5.41) is 0.308. The number of nitrogen functional groups attached to an aromatic ring is 1. The van der Waals surface area contributed by atoms with Crippen LogP contribution in [-0.2, 0) is 6.18 Å². The minimum atomic E-state index is -4.53. The summed E-state index contributed by atoms with van der Waals surface area (Å²) in [6, 6.07) is 2.67. The molecule has 0 amide bonds. The number of imidazole rings is 1. The van der Waals surface area contributed by atoms with Crippen LogP contribution in [0.2, 0.25) is 5.02 Å². The van der Waals surface area contributed by atoms with Crippen LogP contribution >= 0.6 is 11.6 Å². The molecule has 0 spiro atoms. The number of nitrogens with zero attached hydrogens (tertiary/aromatic N) is 2. The standard InChI is InChI=1S/C8H5ClF3N3/c9-4-1-2-15-5(3-4)6(13)14-7(15)8(10,11)12/h1-3H,13H2. The molecule has 0 fully saturated rings. The second-order valence-corrected chi connectivity index (χ2v) is 3.36. The van der Waals surface area contributed by atoms with Crippen molar-refractivity contribution in [1.29, 1.82) is 0 Å². The van der Waals surface area contributed by atoms with Crippen LogP contribution < -0.4 is 5.73 Å². The monoisotopic (exact) mass is 235 g/mol. The molecule has 0 saturated carbocycles. The molecule has 80 valence electrons. The van der Waals surface area contributed by atoms with Crippen LogP contribution in [0.1, 0.15) is 5.82 Å². The van der Waals surface area contributed by atoms with Gasteiger partial charge in [0, 0.05) is 11.2 Å². The molecule has 2 aromatic heterocycles. The zero-order chi connectivity index (χ0) is 11.2. The lowest BCUT2D eigenvalue weighted by Crippen LogP contribution is -2.10. The maximum atomic E-state index is 12.5. The molecule has 2 heterocycles. The highest BCUT2D eigenvalue weighted by Crippen LogP contribution is 2.31. The summed E-state index contributed by atoms with van der Waals surface area (Å²) in [6.45, 7) is 0. The smallest absolute Gasteiger partial charge is 0.382 e. The van der Waals surface area contributed by atoms with E-state index in [4.69, 9.17) is 17.3 Å².